The van der Waals surface area contributed by atoms with E-state index in [1.54, 1.807) is 7.11 Å². The summed E-state index contributed by atoms with van der Waals surface area (Å²) in [5.74, 6) is 0.395. The van der Waals surface area contributed by atoms with Crippen molar-refractivity contribution in [2.45, 2.75) is 32.7 Å². The van der Waals surface area contributed by atoms with Crippen LogP contribution in [0.1, 0.15) is 38.3 Å². The fraction of sp³-hybridized carbons (Fsp3) is 0.600. The number of hydrogen-bond acceptors (Lipinski definition) is 5. The molecule has 7 heteroatoms. The van der Waals surface area contributed by atoms with Gasteiger partial charge in [-0.3, -0.25) is 9.59 Å². The molecule has 0 heterocycles. The maximum absolute atomic E-state index is 12.4. The molecule has 1 rings (SSSR count). The summed E-state index contributed by atoms with van der Waals surface area (Å²) in [6.07, 6.45) is 1.12. The zero-order valence-corrected chi connectivity index (χ0v) is 16.9. The molecule has 0 aliphatic rings. The predicted octanol–water partition coefficient (Wildman–Crippen LogP) is 1.74. The third-order valence-corrected chi connectivity index (χ3v) is 4.07. The number of hydrogen-bond donors (Lipinski definition) is 2. The van der Waals surface area contributed by atoms with Gasteiger partial charge in [0.1, 0.15) is 5.75 Å². The van der Waals surface area contributed by atoms with Crippen molar-refractivity contribution in [2.24, 2.45) is 0 Å². The number of nitrogens with zero attached hydrogens (tertiary/aromatic N) is 1. The van der Waals surface area contributed by atoms with Crippen LogP contribution in [0.5, 0.6) is 5.75 Å². The quantitative estimate of drug-likeness (QED) is 0.510. The van der Waals surface area contributed by atoms with Gasteiger partial charge < -0.3 is 25.0 Å². The molecule has 0 spiro atoms. The van der Waals surface area contributed by atoms with E-state index in [2.05, 4.69) is 15.5 Å². The van der Waals surface area contributed by atoms with Crippen LogP contribution in [0.15, 0.2) is 24.3 Å². The lowest BCUT2D eigenvalue weighted by Crippen LogP contribution is -2.36. The summed E-state index contributed by atoms with van der Waals surface area (Å²) < 4.78 is 10.7. The maximum Gasteiger partial charge on any atom is 0.222 e. The molecule has 1 aromatic carbocycles. The number of para-hydroxylation sites is 1. The Kier molecular flexibility index (Phi) is 11.1. The average Bonchev–Trinajstić information content (AvgIpc) is 2.62. The molecule has 1 aromatic rings. The van der Waals surface area contributed by atoms with E-state index in [1.165, 1.54) is 6.92 Å². The lowest BCUT2D eigenvalue weighted by atomic mass is 10.0. The van der Waals surface area contributed by atoms with Gasteiger partial charge in [0.25, 0.3) is 0 Å². The van der Waals surface area contributed by atoms with E-state index in [0.29, 0.717) is 18.9 Å². The molecule has 2 N–H and O–H groups in total. The molecule has 27 heavy (non-hydrogen) atoms. The highest BCUT2D eigenvalue weighted by Gasteiger charge is 2.20. The Balaban J connectivity index is 2.59. The van der Waals surface area contributed by atoms with Crippen LogP contribution in [-0.2, 0) is 14.3 Å². The summed E-state index contributed by atoms with van der Waals surface area (Å²) in [7, 11) is 3.70. The van der Waals surface area contributed by atoms with Gasteiger partial charge in [0.2, 0.25) is 11.8 Å². The third-order valence-electron chi connectivity index (χ3n) is 4.07. The second kappa shape index (κ2) is 13.1. The summed E-state index contributed by atoms with van der Waals surface area (Å²) in [5, 5.41) is 5.78. The molecule has 0 saturated carbocycles. The lowest BCUT2D eigenvalue weighted by molar-refractivity contribution is -0.122. The average molecular weight is 380 g/mol. The highest BCUT2D eigenvalue weighted by molar-refractivity contribution is 5.79. The van der Waals surface area contributed by atoms with Crippen molar-refractivity contribution in [3.8, 4) is 5.75 Å². The fourth-order valence-corrected chi connectivity index (χ4v) is 2.77. The van der Waals surface area contributed by atoms with Gasteiger partial charge in [-0.15, -0.1) is 0 Å². The first-order valence-corrected chi connectivity index (χ1v) is 9.40. The second-order valence-corrected chi connectivity index (χ2v) is 6.43. The summed E-state index contributed by atoms with van der Waals surface area (Å²) in [4.78, 5) is 26.1. The van der Waals surface area contributed by atoms with Gasteiger partial charge in [-0.2, -0.15) is 0 Å². The van der Waals surface area contributed by atoms with Crippen LogP contribution in [-0.4, -0.2) is 63.7 Å². The van der Waals surface area contributed by atoms with Crippen molar-refractivity contribution in [3.63, 3.8) is 0 Å². The normalized spacial score (nSPS) is 11.9. The van der Waals surface area contributed by atoms with Crippen molar-refractivity contribution < 1.29 is 19.1 Å². The standard InChI is InChI=1S/C20H33N3O4/c1-5-27-19-10-7-6-9-17(19)18(22-16(2)24)15-20(25)21-11-13-23(3)12-8-14-26-4/h6-7,9-10,18H,5,8,11-15H2,1-4H3,(H,21,25)(H,22,24). The molecule has 0 bridgehead atoms. The second-order valence-electron chi connectivity index (χ2n) is 6.43. The molecule has 0 radical (unpaired) electrons. The third kappa shape index (κ3) is 9.40. The van der Waals surface area contributed by atoms with Crippen molar-refractivity contribution in [2.75, 3.05) is 47.0 Å². The Hall–Kier alpha value is -2.12. The first-order valence-electron chi connectivity index (χ1n) is 9.40. The minimum absolute atomic E-state index is 0.106. The number of amides is 2. The van der Waals surface area contributed by atoms with Crippen LogP contribution in [0.4, 0.5) is 0 Å². The van der Waals surface area contributed by atoms with Crippen LogP contribution in [0.2, 0.25) is 0 Å². The van der Waals surface area contributed by atoms with E-state index in [4.69, 9.17) is 9.47 Å². The van der Waals surface area contributed by atoms with E-state index in [1.807, 2.05) is 38.2 Å². The number of benzene rings is 1. The summed E-state index contributed by atoms with van der Waals surface area (Å²) >= 11 is 0. The number of likely N-dealkylation sites (N-methyl/N-ethyl adjacent to an activating group) is 1. The summed E-state index contributed by atoms with van der Waals surface area (Å²) in [5.41, 5.74) is 0.807. The monoisotopic (exact) mass is 379 g/mol. The molecular weight excluding hydrogens is 346 g/mol. The molecule has 152 valence electrons. The van der Waals surface area contributed by atoms with Crippen molar-refractivity contribution in [3.05, 3.63) is 29.8 Å². The Bertz CT molecular complexity index is 580. The highest BCUT2D eigenvalue weighted by Crippen LogP contribution is 2.27. The lowest BCUT2D eigenvalue weighted by Gasteiger charge is -2.21. The Morgan fingerprint density at radius 3 is 2.63 bits per heavy atom. The number of carbonyl (C=O) groups excluding carboxylic acids is 2. The van der Waals surface area contributed by atoms with E-state index >= 15 is 0 Å². The zero-order valence-electron chi connectivity index (χ0n) is 16.9. The molecule has 0 aliphatic heterocycles. The number of nitrogens with one attached hydrogen (secondary N) is 2. The van der Waals surface area contributed by atoms with Crippen LogP contribution in [0.25, 0.3) is 0 Å². The minimum Gasteiger partial charge on any atom is -0.494 e. The van der Waals surface area contributed by atoms with Gasteiger partial charge in [0.15, 0.2) is 0 Å². The largest absolute Gasteiger partial charge is 0.494 e. The van der Waals surface area contributed by atoms with Gasteiger partial charge in [0, 0.05) is 45.8 Å². The van der Waals surface area contributed by atoms with Crippen molar-refractivity contribution >= 4 is 11.8 Å². The molecule has 1 unspecified atom stereocenters. The molecule has 0 saturated heterocycles. The van der Waals surface area contributed by atoms with Crippen LogP contribution in [0.3, 0.4) is 0 Å². The van der Waals surface area contributed by atoms with Crippen LogP contribution < -0.4 is 15.4 Å². The Morgan fingerprint density at radius 2 is 1.96 bits per heavy atom. The van der Waals surface area contributed by atoms with Gasteiger partial charge in [-0.05, 0) is 26.5 Å². The number of methoxy groups -OCH3 is 1. The van der Waals surface area contributed by atoms with Gasteiger partial charge in [-0.1, -0.05) is 18.2 Å². The van der Waals surface area contributed by atoms with E-state index in [0.717, 1.165) is 31.7 Å². The maximum atomic E-state index is 12.4. The predicted molar refractivity (Wildman–Crippen MR) is 106 cm³/mol. The SMILES string of the molecule is CCOc1ccccc1C(CC(=O)NCCN(C)CCCOC)NC(C)=O. The molecule has 7 nitrogen and oxygen atoms in total. The number of carbonyl (C=O) groups is 2. The fourth-order valence-electron chi connectivity index (χ4n) is 2.77. The van der Waals surface area contributed by atoms with Crippen LogP contribution >= 0.6 is 0 Å². The minimum atomic E-state index is -0.426. The molecular formula is C20H33N3O4. The van der Waals surface area contributed by atoms with Crippen LogP contribution in [0, 0.1) is 0 Å². The van der Waals surface area contributed by atoms with Gasteiger partial charge >= 0.3 is 0 Å². The Morgan fingerprint density at radius 1 is 1.22 bits per heavy atom. The van der Waals surface area contributed by atoms with E-state index in [-0.39, 0.29) is 18.2 Å². The zero-order chi connectivity index (χ0) is 20.1. The molecule has 0 aliphatic carbocycles. The first kappa shape index (κ1) is 22.9. The van der Waals surface area contributed by atoms with Crippen molar-refractivity contribution in [1.82, 2.24) is 15.5 Å². The number of ether oxygens (including phenoxy) is 2. The van der Waals surface area contributed by atoms with E-state index < -0.39 is 6.04 Å². The molecule has 0 fully saturated rings. The first-order chi connectivity index (χ1) is 13.0. The highest BCUT2D eigenvalue weighted by atomic mass is 16.5. The smallest absolute Gasteiger partial charge is 0.222 e. The van der Waals surface area contributed by atoms with Crippen molar-refractivity contribution in [1.29, 1.82) is 0 Å². The molecule has 1 atom stereocenters. The Labute approximate surface area is 162 Å². The van der Waals surface area contributed by atoms with Gasteiger partial charge in [-0.25, -0.2) is 0 Å². The van der Waals surface area contributed by atoms with Gasteiger partial charge in [0.05, 0.1) is 19.1 Å². The number of rotatable bonds is 13. The van der Waals surface area contributed by atoms with E-state index in [9.17, 15) is 9.59 Å². The summed E-state index contributed by atoms with van der Waals surface area (Å²) in [6, 6.07) is 7.05. The summed E-state index contributed by atoms with van der Waals surface area (Å²) in [6.45, 7) is 6.83. The molecule has 0 aromatic heterocycles. The molecule has 2 amide bonds. The topological polar surface area (TPSA) is 79.9 Å².